The molecule has 0 radical (unpaired) electrons. The summed E-state index contributed by atoms with van der Waals surface area (Å²) in [5.41, 5.74) is 7.71. The second kappa shape index (κ2) is 22.3. The van der Waals surface area contributed by atoms with E-state index in [1.807, 2.05) is 17.8 Å². The average Bonchev–Trinajstić information content (AvgIpc) is 3.04. The number of carboxylic acid groups (broad SMARTS) is 5. The summed E-state index contributed by atoms with van der Waals surface area (Å²) in [6.07, 6.45) is 3.39. The molecular formula is C33H43ClN4O10S. The highest BCUT2D eigenvalue weighted by Crippen LogP contribution is 2.48. The molecule has 7 N–H and O–H groups in total. The van der Waals surface area contributed by atoms with E-state index in [-0.39, 0.29) is 5.92 Å². The van der Waals surface area contributed by atoms with Crippen molar-refractivity contribution in [2.45, 2.75) is 36.1 Å². The maximum absolute atomic E-state index is 10.0. The van der Waals surface area contributed by atoms with Crippen molar-refractivity contribution >= 4 is 64.6 Å². The highest BCUT2D eigenvalue weighted by molar-refractivity contribution is 7.99. The summed E-state index contributed by atoms with van der Waals surface area (Å²) in [6.45, 7) is 10.5. The monoisotopic (exact) mass is 722 g/mol. The molecule has 1 fully saturated rings. The summed E-state index contributed by atoms with van der Waals surface area (Å²) in [5, 5.41) is 40.3. The van der Waals surface area contributed by atoms with Gasteiger partial charge in [0.2, 0.25) is 0 Å². The van der Waals surface area contributed by atoms with Crippen LogP contribution in [-0.4, -0.2) is 118 Å². The number of nitrogens with two attached hydrogens (primary N) is 1. The highest BCUT2D eigenvalue weighted by atomic mass is 35.5. The summed E-state index contributed by atoms with van der Waals surface area (Å²) in [4.78, 5) is 58.3. The van der Waals surface area contributed by atoms with Gasteiger partial charge >= 0.3 is 29.8 Å². The average molecular weight is 723 g/mol. The van der Waals surface area contributed by atoms with E-state index in [4.69, 9.17) is 42.9 Å². The number of hydrogen-bond donors (Lipinski definition) is 6. The van der Waals surface area contributed by atoms with Gasteiger partial charge in [0.1, 0.15) is 6.04 Å². The number of carbonyl (C=O) groups is 5. The molecule has 2 aliphatic rings. The number of halogens is 1. The van der Waals surface area contributed by atoms with Crippen LogP contribution in [0.5, 0.6) is 0 Å². The second-order valence-electron chi connectivity index (χ2n) is 11.0. The summed E-state index contributed by atoms with van der Waals surface area (Å²) in [6, 6.07) is 14.2. The Hall–Kier alpha value is -4.41. The van der Waals surface area contributed by atoms with Gasteiger partial charge in [-0.05, 0) is 56.3 Å². The lowest BCUT2D eigenvalue weighted by molar-refractivity contribution is -0.139. The number of aliphatic carboxylic acids is 5. The number of likely N-dealkylation sites (N-methyl/N-ethyl adjacent to an activating group) is 1. The Labute approximate surface area is 294 Å². The standard InChI is InChI=1S/C20H24ClN3S.C5H11NO2.2C4H4O4/c1-22-11-13-23(14-12-22)9-4-10-24-17-5-2-3-6-19(17)25-20-8-7-16(21)15-18(20)24;1-3(2)4(6)5(7)8;2*5-3(6)1-2-4(7)8/h2-3,5-8,15H,4,9-14H2,1H3;3-4H,6H2,1-2H3,(H,7,8);2*1-2H,(H,5,6)(H,7,8)/b;;2*2-1-/t;4-;;/m.0../s1. The first kappa shape index (κ1) is 42.6. The number of hydrogen-bond acceptors (Lipinski definition) is 10. The predicted molar refractivity (Wildman–Crippen MR) is 187 cm³/mol. The third-order valence-electron chi connectivity index (χ3n) is 6.78. The van der Waals surface area contributed by atoms with Gasteiger partial charge in [-0.2, -0.15) is 0 Å². The molecule has 2 aromatic carbocycles. The van der Waals surface area contributed by atoms with Crippen LogP contribution < -0.4 is 10.6 Å². The Bertz CT molecular complexity index is 1410. The van der Waals surface area contributed by atoms with Gasteiger partial charge in [0, 0.05) is 71.8 Å². The van der Waals surface area contributed by atoms with Crippen LogP contribution in [0.1, 0.15) is 20.3 Å². The van der Waals surface area contributed by atoms with E-state index in [1.165, 1.54) is 47.3 Å². The van der Waals surface area contributed by atoms with Crippen LogP contribution in [0.4, 0.5) is 11.4 Å². The molecule has 2 aliphatic heterocycles. The van der Waals surface area contributed by atoms with Crippen molar-refractivity contribution in [1.82, 2.24) is 9.80 Å². The fraction of sp³-hybridized carbons (Fsp3) is 0.364. The van der Waals surface area contributed by atoms with Gasteiger partial charge in [-0.3, -0.25) is 4.79 Å². The van der Waals surface area contributed by atoms with Crippen LogP contribution in [0.2, 0.25) is 5.02 Å². The molecule has 0 aliphatic carbocycles. The van der Waals surface area contributed by atoms with E-state index >= 15 is 0 Å². The Kier molecular flexibility index (Phi) is 19.4. The number of para-hydroxylation sites is 1. The molecule has 0 saturated carbocycles. The third-order valence-corrected chi connectivity index (χ3v) is 8.15. The first-order chi connectivity index (χ1) is 23.0. The molecule has 0 bridgehead atoms. The number of fused-ring (bicyclic) bond motifs is 2. The van der Waals surface area contributed by atoms with Crippen LogP contribution in [0.3, 0.4) is 0 Å². The summed E-state index contributed by atoms with van der Waals surface area (Å²) in [7, 11) is 2.21. The number of nitrogens with zero attached hydrogens (tertiary/aromatic N) is 3. The molecule has 2 heterocycles. The van der Waals surface area contributed by atoms with Crippen LogP contribution in [0.25, 0.3) is 0 Å². The van der Waals surface area contributed by atoms with Crippen LogP contribution >= 0.6 is 23.4 Å². The molecule has 0 aromatic heterocycles. The number of piperazine rings is 1. The number of carboxylic acids is 5. The lowest BCUT2D eigenvalue weighted by Gasteiger charge is -2.35. The van der Waals surface area contributed by atoms with Gasteiger partial charge in [0.15, 0.2) is 0 Å². The van der Waals surface area contributed by atoms with Crippen molar-refractivity contribution in [3.05, 3.63) is 71.8 Å². The zero-order chi connectivity index (χ0) is 37.1. The Morgan fingerprint density at radius 3 is 1.71 bits per heavy atom. The van der Waals surface area contributed by atoms with Gasteiger partial charge in [-0.15, -0.1) is 0 Å². The van der Waals surface area contributed by atoms with Gasteiger partial charge in [-0.1, -0.05) is 49.3 Å². The quantitative estimate of drug-likeness (QED) is 0.190. The normalized spacial score (nSPS) is 14.6. The van der Waals surface area contributed by atoms with Crippen LogP contribution in [-0.2, 0) is 24.0 Å². The van der Waals surface area contributed by atoms with Gasteiger partial charge < -0.3 is 46.0 Å². The van der Waals surface area contributed by atoms with E-state index < -0.39 is 35.9 Å². The zero-order valence-corrected chi connectivity index (χ0v) is 29.0. The van der Waals surface area contributed by atoms with Gasteiger partial charge in [-0.25, -0.2) is 19.2 Å². The first-order valence-corrected chi connectivity index (χ1v) is 16.2. The Morgan fingerprint density at radius 2 is 1.27 bits per heavy atom. The zero-order valence-electron chi connectivity index (χ0n) is 27.4. The topological polar surface area (TPSA) is 222 Å². The highest BCUT2D eigenvalue weighted by Gasteiger charge is 2.23. The Morgan fingerprint density at radius 1 is 0.776 bits per heavy atom. The summed E-state index contributed by atoms with van der Waals surface area (Å²) in [5.74, 6) is -5.94. The van der Waals surface area contributed by atoms with Crippen molar-refractivity contribution < 1.29 is 49.5 Å². The second-order valence-corrected chi connectivity index (χ2v) is 12.5. The number of anilines is 2. The van der Waals surface area contributed by atoms with Crippen molar-refractivity contribution in [3.63, 3.8) is 0 Å². The lowest BCUT2D eigenvalue weighted by atomic mass is 10.1. The molecule has 0 spiro atoms. The van der Waals surface area contributed by atoms with Crippen molar-refractivity contribution in [2.24, 2.45) is 11.7 Å². The van der Waals surface area contributed by atoms with E-state index in [2.05, 4.69) is 58.1 Å². The van der Waals surface area contributed by atoms with E-state index in [9.17, 15) is 24.0 Å². The fourth-order valence-corrected chi connectivity index (χ4v) is 5.38. The molecule has 268 valence electrons. The largest absolute Gasteiger partial charge is 0.480 e. The molecule has 0 unspecified atom stereocenters. The van der Waals surface area contributed by atoms with E-state index in [1.54, 1.807) is 13.8 Å². The molecular weight excluding hydrogens is 680 g/mol. The third kappa shape index (κ3) is 17.5. The minimum absolute atomic E-state index is 0.0208. The van der Waals surface area contributed by atoms with Crippen LogP contribution in [0.15, 0.2) is 76.6 Å². The molecule has 0 amide bonds. The maximum atomic E-state index is 10.0. The molecule has 49 heavy (non-hydrogen) atoms. The number of rotatable bonds is 10. The summed E-state index contributed by atoms with van der Waals surface area (Å²) < 4.78 is 0. The Balaban J connectivity index is 0.000000411. The van der Waals surface area contributed by atoms with E-state index in [0.717, 1.165) is 24.5 Å². The van der Waals surface area contributed by atoms with Crippen molar-refractivity contribution in [3.8, 4) is 0 Å². The van der Waals surface area contributed by atoms with Crippen molar-refractivity contribution in [2.75, 3.05) is 51.2 Å². The minimum Gasteiger partial charge on any atom is -0.480 e. The molecule has 4 rings (SSSR count). The smallest absolute Gasteiger partial charge is 0.328 e. The molecule has 16 heteroatoms. The van der Waals surface area contributed by atoms with E-state index in [0.29, 0.717) is 24.3 Å². The molecule has 14 nitrogen and oxygen atoms in total. The van der Waals surface area contributed by atoms with Gasteiger partial charge in [0.05, 0.1) is 11.4 Å². The molecule has 2 aromatic rings. The lowest BCUT2D eigenvalue weighted by Crippen LogP contribution is -2.45. The van der Waals surface area contributed by atoms with Gasteiger partial charge in [0.25, 0.3) is 0 Å². The van der Waals surface area contributed by atoms with Crippen molar-refractivity contribution in [1.29, 1.82) is 0 Å². The summed E-state index contributed by atoms with van der Waals surface area (Å²) >= 11 is 8.13. The molecule has 1 atom stereocenters. The minimum atomic E-state index is -1.26. The maximum Gasteiger partial charge on any atom is 0.328 e. The fourth-order valence-electron chi connectivity index (χ4n) is 4.14. The number of benzene rings is 2. The predicted octanol–water partition coefficient (Wildman–Crippen LogP) is 4.06. The molecule has 1 saturated heterocycles. The van der Waals surface area contributed by atoms with Crippen LogP contribution in [0, 0.1) is 5.92 Å². The first-order valence-electron chi connectivity index (χ1n) is 15.0. The SMILES string of the molecule is CC(C)[C@H](N)C(=O)O.CN1CCN(CCCN2c3ccccc3Sc3ccc(Cl)cc32)CC1.O=C(O)/C=C\C(=O)O.O=C(O)/C=C\C(=O)O.